The van der Waals surface area contributed by atoms with Crippen molar-refractivity contribution >= 4 is 44.0 Å². The summed E-state index contributed by atoms with van der Waals surface area (Å²) in [5.41, 5.74) is 3.00. The van der Waals surface area contributed by atoms with Crippen molar-refractivity contribution in [1.82, 2.24) is 4.31 Å². The summed E-state index contributed by atoms with van der Waals surface area (Å²) in [4.78, 5) is 25.5. The lowest BCUT2D eigenvalue weighted by Gasteiger charge is -2.17. The molecule has 0 saturated carbocycles. The summed E-state index contributed by atoms with van der Waals surface area (Å²) in [5.74, 6) is -0.319. The van der Waals surface area contributed by atoms with E-state index in [1.165, 1.54) is 14.0 Å². The smallest absolute Gasteiger partial charge is 0.268 e. The first-order valence-corrected chi connectivity index (χ1v) is 12.5. The molecule has 0 aromatic heterocycles. The fourth-order valence-electron chi connectivity index (χ4n) is 3.81. The van der Waals surface area contributed by atoms with E-state index in [4.69, 9.17) is 16.3 Å². The summed E-state index contributed by atoms with van der Waals surface area (Å²) in [7, 11) is -2.52. The van der Waals surface area contributed by atoms with E-state index in [0.717, 1.165) is 9.87 Å². The van der Waals surface area contributed by atoms with Crippen molar-refractivity contribution in [2.75, 3.05) is 12.4 Å². The van der Waals surface area contributed by atoms with Crippen LogP contribution in [-0.4, -0.2) is 31.6 Å². The molecule has 3 aromatic rings. The lowest BCUT2D eigenvalue weighted by molar-refractivity contribution is -0.122. The molecule has 4 rings (SSSR count). The van der Waals surface area contributed by atoms with Crippen molar-refractivity contribution < 1.29 is 22.7 Å². The molecule has 7 nitrogen and oxygen atoms in total. The van der Waals surface area contributed by atoms with Crippen LogP contribution in [-0.2, 0) is 21.4 Å². The molecular formula is C26H23ClN2O5S. The molecule has 0 aliphatic carbocycles. The van der Waals surface area contributed by atoms with Crippen LogP contribution in [0.1, 0.15) is 34.0 Å². The molecule has 3 aromatic carbocycles. The monoisotopic (exact) mass is 510 g/mol. The van der Waals surface area contributed by atoms with E-state index >= 15 is 0 Å². The van der Waals surface area contributed by atoms with Crippen LogP contribution < -0.4 is 10.1 Å². The predicted molar refractivity (Wildman–Crippen MR) is 136 cm³/mol. The van der Waals surface area contributed by atoms with Crippen molar-refractivity contribution in [2.24, 2.45) is 0 Å². The minimum absolute atomic E-state index is 0.0157. The molecule has 1 heterocycles. The third kappa shape index (κ3) is 4.80. The second kappa shape index (κ2) is 9.56. The van der Waals surface area contributed by atoms with Gasteiger partial charge in [0.05, 0.1) is 13.7 Å². The number of hydrogen-bond acceptors (Lipinski definition) is 5. The SMILES string of the molecule is COc1ccc(C2=C(C)C(=O)N(Cc3ccc(C(=O)Nc4cc(Cl)ccc4C)cc3)S2(=O)=O)cc1. The Hall–Kier alpha value is -3.62. The van der Waals surface area contributed by atoms with Crippen LogP contribution in [0.4, 0.5) is 5.69 Å². The normalized spacial score (nSPS) is 14.9. The first kappa shape index (κ1) is 24.5. The zero-order chi connectivity index (χ0) is 25.3. The highest BCUT2D eigenvalue weighted by Crippen LogP contribution is 2.37. The van der Waals surface area contributed by atoms with Crippen LogP contribution in [0.15, 0.2) is 72.3 Å². The molecular weight excluding hydrogens is 488 g/mol. The molecule has 0 radical (unpaired) electrons. The van der Waals surface area contributed by atoms with E-state index in [0.29, 0.717) is 33.1 Å². The highest BCUT2D eigenvalue weighted by Gasteiger charge is 2.42. The first-order valence-electron chi connectivity index (χ1n) is 10.7. The summed E-state index contributed by atoms with van der Waals surface area (Å²) in [6, 6.07) is 18.2. The number of hydrogen-bond donors (Lipinski definition) is 1. The Labute approximate surface area is 209 Å². The van der Waals surface area contributed by atoms with Crippen LogP contribution >= 0.6 is 11.6 Å². The number of nitrogens with one attached hydrogen (secondary N) is 1. The third-order valence-electron chi connectivity index (χ3n) is 5.78. The van der Waals surface area contributed by atoms with Gasteiger partial charge in [0, 0.05) is 21.8 Å². The largest absolute Gasteiger partial charge is 0.497 e. The fourth-order valence-corrected chi connectivity index (χ4v) is 5.79. The number of aryl methyl sites for hydroxylation is 1. The van der Waals surface area contributed by atoms with E-state index in [2.05, 4.69) is 5.32 Å². The third-order valence-corrected chi connectivity index (χ3v) is 7.95. The van der Waals surface area contributed by atoms with Crippen molar-refractivity contribution in [3.8, 4) is 5.75 Å². The average molecular weight is 511 g/mol. The maximum atomic E-state index is 13.3. The number of anilines is 1. The number of carbonyl (C=O) groups is 2. The van der Waals surface area contributed by atoms with Gasteiger partial charge in [-0.15, -0.1) is 0 Å². The quantitative estimate of drug-likeness (QED) is 0.503. The zero-order valence-electron chi connectivity index (χ0n) is 19.3. The number of ether oxygens (including phenoxy) is 1. The minimum atomic E-state index is -4.04. The molecule has 180 valence electrons. The Morgan fingerprint density at radius 1 is 1.00 bits per heavy atom. The molecule has 0 spiro atoms. The van der Waals surface area contributed by atoms with Gasteiger partial charge in [0.2, 0.25) is 0 Å². The van der Waals surface area contributed by atoms with E-state index < -0.39 is 15.9 Å². The van der Waals surface area contributed by atoms with E-state index in [1.807, 2.05) is 13.0 Å². The van der Waals surface area contributed by atoms with Gasteiger partial charge in [-0.2, -0.15) is 0 Å². The van der Waals surface area contributed by atoms with Gasteiger partial charge in [-0.1, -0.05) is 29.8 Å². The lowest BCUT2D eigenvalue weighted by Crippen LogP contribution is -2.30. The summed E-state index contributed by atoms with van der Waals surface area (Å²) >= 11 is 6.01. The van der Waals surface area contributed by atoms with Crippen LogP contribution in [0, 0.1) is 6.92 Å². The summed E-state index contributed by atoms with van der Waals surface area (Å²) in [5, 5.41) is 3.33. The van der Waals surface area contributed by atoms with Crippen molar-refractivity contribution in [3.63, 3.8) is 0 Å². The van der Waals surface area contributed by atoms with Gasteiger partial charge >= 0.3 is 0 Å². The molecule has 9 heteroatoms. The van der Waals surface area contributed by atoms with Crippen molar-refractivity contribution in [3.05, 3.63) is 99.6 Å². The molecule has 0 bridgehead atoms. The molecule has 0 saturated heterocycles. The van der Waals surface area contributed by atoms with Crippen LogP contribution in [0.3, 0.4) is 0 Å². The molecule has 0 unspecified atom stereocenters. The van der Waals surface area contributed by atoms with Gasteiger partial charge in [0.25, 0.3) is 21.8 Å². The molecule has 0 fully saturated rings. The second-order valence-corrected chi connectivity index (χ2v) is 10.3. The topological polar surface area (TPSA) is 92.8 Å². The second-order valence-electron chi connectivity index (χ2n) is 8.11. The highest BCUT2D eigenvalue weighted by atomic mass is 35.5. The molecule has 1 aliphatic heterocycles. The maximum absolute atomic E-state index is 13.3. The number of methoxy groups -OCH3 is 1. The van der Waals surface area contributed by atoms with E-state index in [9.17, 15) is 18.0 Å². The fraction of sp³-hybridized carbons (Fsp3) is 0.154. The Morgan fingerprint density at radius 2 is 1.66 bits per heavy atom. The molecule has 1 aliphatic rings. The number of halogens is 1. The van der Waals surface area contributed by atoms with Gasteiger partial charge in [0.1, 0.15) is 10.7 Å². The lowest BCUT2D eigenvalue weighted by atomic mass is 10.1. The Balaban J connectivity index is 1.52. The number of benzene rings is 3. The molecule has 0 atom stereocenters. The standard InChI is InChI=1S/C26H23ClN2O5S/c1-16-4-11-21(27)14-23(16)28-25(30)20-7-5-18(6-8-20)15-29-26(31)17(2)24(35(29,32)33)19-9-12-22(34-3)13-10-19/h4-14H,15H2,1-3H3,(H,28,30). The first-order chi connectivity index (χ1) is 16.6. The zero-order valence-corrected chi connectivity index (χ0v) is 20.9. The average Bonchev–Trinajstić information content (AvgIpc) is 3.01. The van der Waals surface area contributed by atoms with Crippen molar-refractivity contribution in [2.45, 2.75) is 20.4 Å². The summed E-state index contributed by atoms with van der Waals surface area (Å²) in [6.45, 7) is 3.22. The summed E-state index contributed by atoms with van der Waals surface area (Å²) in [6.07, 6.45) is 0. The van der Waals surface area contributed by atoms with Crippen molar-refractivity contribution in [1.29, 1.82) is 0 Å². The van der Waals surface area contributed by atoms with E-state index in [1.54, 1.807) is 60.7 Å². The molecule has 2 amide bonds. The van der Waals surface area contributed by atoms with Gasteiger partial charge in [0.15, 0.2) is 0 Å². The van der Waals surface area contributed by atoms with Gasteiger partial charge in [-0.25, -0.2) is 12.7 Å². The number of rotatable bonds is 6. The van der Waals surface area contributed by atoms with E-state index in [-0.39, 0.29) is 22.9 Å². The predicted octanol–water partition coefficient (Wildman–Crippen LogP) is 5.01. The van der Waals surface area contributed by atoms with Crippen LogP contribution in [0.2, 0.25) is 5.02 Å². The number of nitrogens with zero attached hydrogens (tertiary/aromatic N) is 1. The number of sulfonamides is 1. The van der Waals surface area contributed by atoms with Crippen LogP contribution in [0.25, 0.3) is 4.91 Å². The minimum Gasteiger partial charge on any atom is -0.497 e. The summed E-state index contributed by atoms with van der Waals surface area (Å²) < 4.78 is 32.5. The number of amides is 2. The van der Waals surface area contributed by atoms with Gasteiger partial charge in [-0.3, -0.25) is 9.59 Å². The molecule has 1 N–H and O–H groups in total. The van der Waals surface area contributed by atoms with Gasteiger partial charge < -0.3 is 10.1 Å². The Bertz CT molecular complexity index is 1450. The van der Waals surface area contributed by atoms with Gasteiger partial charge in [-0.05, 0) is 79.1 Å². The maximum Gasteiger partial charge on any atom is 0.268 e. The highest BCUT2D eigenvalue weighted by molar-refractivity contribution is 7.99. The van der Waals surface area contributed by atoms with Crippen LogP contribution in [0.5, 0.6) is 5.75 Å². The molecule has 35 heavy (non-hydrogen) atoms. The Kier molecular flexibility index (Phi) is 6.69. The number of carbonyl (C=O) groups excluding carboxylic acids is 2. The Morgan fingerprint density at radius 3 is 2.29 bits per heavy atom.